The van der Waals surface area contributed by atoms with Gasteiger partial charge in [0.1, 0.15) is 11.5 Å². The summed E-state index contributed by atoms with van der Waals surface area (Å²) in [6.07, 6.45) is 4.76. The molecule has 1 aliphatic heterocycles. The molecule has 1 fully saturated rings. The van der Waals surface area contributed by atoms with Crippen LogP contribution in [0.1, 0.15) is 38.2 Å². The van der Waals surface area contributed by atoms with Crippen molar-refractivity contribution in [3.63, 3.8) is 0 Å². The second-order valence-corrected chi connectivity index (χ2v) is 6.04. The predicted molar refractivity (Wildman–Crippen MR) is 85.1 cm³/mol. The van der Waals surface area contributed by atoms with E-state index in [0.29, 0.717) is 18.8 Å². The number of nitrogens with zero attached hydrogens (tertiary/aromatic N) is 1. The van der Waals surface area contributed by atoms with Crippen LogP contribution in [0.5, 0.6) is 0 Å². The van der Waals surface area contributed by atoms with Crippen LogP contribution in [0.3, 0.4) is 0 Å². The zero-order valence-corrected chi connectivity index (χ0v) is 13.5. The summed E-state index contributed by atoms with van der Waals surface area (Å²) in [6.45, 7) is 7.12. The zero-order chi connectivity index (χ0) is 16.1. The molecule has 0 atom stereocenters. The monoisotopic (exact) mass is 304 g/mol. The van der Waals surface area contributed by atoms with E-state index in [1.165, 1.54) is 6.08 Å². The fraction of sp³-hybridized carbons (Fsp3) is 0.529. The molecule has 120 valence electrons. The van der Waals surface area contributed by atoms with E-state index in [0.717, 1.165) is 18.6 Å². The fourth-order valence-electron chi connectivity index (χ4n) is 2.56. The summed E-state index contributed by atoms with van der Waals surface area (Å²) < 4.78 is 5.38. The Morgan fingerprint density at radius 3 is 2.55 bits per heavy atom. The summed E-state index contributed by atoms with van der Waals surface area (Å²) in [5.41, 5.74) is 0. The fourth-order valence-corrected chi connectivity index (χ4v) is 2.56. The zero-order valence-electron chi connectivity index (χ0n) is 13.5. The standard InChI is InChI=1S/C17H24N2O3/c1-12(2)17(21)19-10-8-14(9-11-19)18-16(20)7-6-15-5-4-13(3)22-15/h4-7,12,14H,8-11H2,1-3H3,(H,18,20)/b7-6+. The SMILES string of the molecule is Cc1ccc(/C=C/C(=O)NC2CCN(C(=O)C(C)C)CC2)o1. The number of aryl methyl sites for hydroxylation is 1. The number of amides is 2. The van der Waals surface area contributed by atoms with Crippen LogP contribution in [0.2, 0.25) is 0 Å². The number of carbonyl (C=O) groups is 2. The Morgan fingerprint density at radius 2 is 2.00 bits per heavy atom. The molecule has 0 radical (unpaired) electrons. The molecule has 5 nitrogen and oxygen atoms in total. The Morgan fingerprint density at radius 1 is 1.32 bits per heavy atom. The smallest absolute Gasteiger partial charge is 0.244 e. The van der Waals surface area contributed by atoms with Gasteiger partial charge in [-0.3, -0.25) is 9.59 Å². The maximum Gasteiger partial charge on any atom is 0.244 e. The van der Waals surface area contributed by atoms with Crippen molar-refractivity contribution in [2.24, 2.45) is 5.92 Å². The number of furan rings is 1. The topological polar surface area (TPSA) is 62.6 Å². The van der Waals surface area contributed by atoms with Crippen LogP contribution in [0.15, 0.2) is 22.6 Å². The number of rotatable bonds is 4. The van der Waals surface area contributed by atoms with Gasteiger partial charge in [0.15, 0.2) is 0 Å². The van der Waals surface area contributed by atoms with Gasteiger partial charge in [-0.05, 0) is 38.0 Å². The molecule has 0 unspecified atom stereocenters. The third kappa shape index (κ3) is 4.48. The van der Waals surface area contributed by atoms with E-state index >= 15 is 0 Å². The van der Waals surface area contributed by atoms with E-state index in [-0.39, 0.29) is 23.8 Å². The largest absolute Gasteiger partial charge is 0.462 e. The highest BCUT2D eigenvalue weighted by Crippen LogP contribution is 2.13. The first kappa shape index (κ1) is 16.3. The lowest BCUT2D eigenvalue weighted by molar-refractivity contribution is -0.135. The van der Waals surface area contributed by atoms with Gasteiger partial charge in [-0.15, -0.1) is 0 Å². The molecule has 1 saturated heterocycles. The summed E-state index contributed by atoms with van der Waals surface area (Å²) in [6, 6.07) is 3.82. The minimum Gasteiger partial charge on any atom is -0.462 e. The Hall–Kier alpha value is -2.04. The molecular weight excluding hydrogens is 280 g/mol. The van der Waals surface area contributed by atoms with Crippen LogP contribution in [0.25, 0.3) is 6.08 Å². The summed E-state index contributed by atoms with van der Waals surface area (Å²) >= 11 is 0. The van der Waals surface area contributed by atoms with Crippen molar-refractivity contribution in [2.75, 3.05) is 13.1 Å². The predicted octanol–water partition coefficient (Wildman–Crippen LogP) is 2.36. The van der Waals surface area contributed by atoms with Gasteiger partial charge in [0.25, 0.3) is 0 Å². The molecule has 1 aromatic heterocycles. The highest BCUT2D eigenvalue weighted by molar-refractivity contribution is 5.91. The maximum absolute atomic E-state index is 11.9. The first-order valence-electron chi connectivity index (χ1n) is 7.79. The number of carbonyl (C=O) groups excluding carboxylic acids is 2. The summed E-state index contributed by atoms with van der Waals surface area (Å²) in [5.74, 6) is 1.60. The number of likely N-dealkylation sites (tertiary alicyclic amines) is 1. The minimum absolute atomic E-state index is 0.0332. The van der Waals surface area contributed by atoms with Crippen molar-refractivity contribution in [2.45, 2.75) is 39.7 Å². The van der Waals surface area contributed by atoms with Crippen molar-refractivity contribution in [1.82, 2.24) is 10.2 Å². The summed E-state index contributed by atoms with van der Waals surface area (Å²) in [7, 11) is 0. The van der Waals surface area contributed by atoms with Crippen LogP contribution in [-0.4, -0.2) is 35.8 Å². The number of hydrogen-bond acceptors (Lipinski definition) is 3. The van der Waals surface area contributed by atoms with Crippen molar-refractivity contribution in [3.05, 3.63) is 29.7 Å². The highest BCUT2D eigenvalue weighted by atomic mass is 16.3. The van der Waals surface area contributed by atoms with E-state index in [9.17, 15) is 9.59 Å². The van der Waals surface area contributed by atoms with Gasteiger partial charge >= 0.3 is 0 Å². The number of hydrogen-bond donors (Lipinski definition) is 1. The Labute approximate surface area is 131 Å². The van der Waals surface area contributed by atoms with Crippen LogP contribution in [-0.2, 0) is 9.59 Å². The van der Waals surface area contributed by atoms with E-state index in [2.05, 4.69) is 5.32 Å². The summed E-state index contributed by atoms with van der Waals surface area (Å²) in [5, 5.41) is 2.98. The Bertz CT molecular complexity index is 552. The minimum atomic E-state index is -0.123. The lowest BCUT2D eigenvalue weighted by Gasteiger charge is -2.33. The second-order valence-electron chi connectivity index (χ2n) is 6.04. The third-order valence-corrected chi connectivity index (χ3v) is 3.81. The second kappa shape index (κ2) is 7.29. The molecule has 0 aliphatic carbocycles. The van der Waals surface area contributed by atoms with Crippen LogP contribution >= 0.6 is 0 Å². The maximum atomic E-state index is 11.9. The molecule has 1 aromatic rings. The molecule has 0 spiro atoms. The van der Waals surface area contributed by atoms with Gasteiger partial charge in [-0.2, -0.15) is 0 Å². The molecule has 0 saturated carbocycles. The molecule has 2 heterocycles. The first-order valence-corrected chi connectivity index (χ1v) is 7.79. The van der Waals surface area contributed by atoms with Gasteiger partial charge in [-0.1, -0.05) is 13.8 Å². The van der Waals surface area contributed by atoms with E-state index < -0.39 is 0 Å². The van der Waals surface area contributed by atoms with E-state index in [4.69, 9.17) is 4.42 Å². The van der Waals surface area contributed by atoms with Crippen molar-refractivity contribution >= 4 is 17.9 Å². The first-order chi connectivity index (χ1) is 10.5. The molecule has 1 aliphatic rings. The van der Waals surface area contributed by atoms with Gasteiger partial charge in [0.2, 0.25) is 11.8 Å². The highest BCUT2D eigenvalue weighted by Gasteiger charge is 2.24. The van der Waals surface area contributed by atoms with E-state index in [1.54, 1.807) is 6.08 Å². The molecular formula is C17H24N2O3. The molecule has 5 heteroatoms. The lowest BCUT2D eigenvalue weighted by Crippen LogP contribution is -2.47. The molecule has 22 heavy (non-hydrogen) atoms. The van der Waals surface area contributed by atoms with Gasteiger partial charge < -0.3 is 14.6 Å². The van der Waals surface area contributed by atoms with Crippen LogP contribution in [0, 0.1) is 12.8 Å². The molecule has 0 aromatic carbocycles. The third-order valence-electron chi connectivity index (χ3n) is 3.81. The van der Waals surface area contributed by atoms with Gasteiger partial charge in [-0.25, -0.2) is 0 Å². The van der Waals surface area contributed by atoms with Crippen LogP contribution in [0.4, 0.5) is 0 Å². The van der Waals surface area contributed by atoms with Crippen molar-refractivity contribution < 1.29 is 14.0 Å². The van der Waals surface area contributed by atoms with Crippen molar-refractivity contribution in [3.8, 4) is 0 Å². The Balaban J connectivity index is 1.77. The van der Waals surface area contributed by atoms with Gasteiger partial charge in [0.05, 0.1) is 0 Å². The Kier molecular flexibility index (Phi) is 5.41. The number of piperidine rings is 1. The average molecular weight is 304 g/mol. The van der Waals surface area contributed by atoms with E-state index in [1.807, 2.05) is 37.8 Å². The lowest BCUT2D eigenvalue weighted by atomic mass is 10.0. The average Bonchev–Trinajstić information content (AvgIpc) is 2.91. The summed E-state index contributed by atoms with van der Waals surface area (Å²) in [4.78, 5) is 25.7. The van der Waals surface area contributed by atoms with Crippen LogP contribution < -0.4 is 5.32 Å². The number of nitrogens with one attached hydrogen (secondary N) is 1. The quantitative estimate of drug-likeness (QED) is 0.869. The molecule has 2 amide bonds. The van der Waals surface area contributed by atoms with Crippen molar-refractivity contribution in [1.29, 1.82) is 0 Å². The molecule has 0 bridgehead atoms. The normalized spacial score (nSPS) is 16.5. The van der Waals surface area contributed by atoms with Gasteiger partial charge in [0, 0.05) is 31.1 Å². The molecule has 2 rings (SSSR count). The molecule has 1 N–H and O–H groups in total.